The molecule has 0 N–H and O–H groups in total. The number of pyridine rings is 1. The van der Waals surface area contributed by atoms with Gasteiger partial charge in [-0.2, -0.15) is 0 Å². The van der Waals surface area contributed by atoms with Crippen LogP contribution in [0.4, 0.5) is 0 Å². The van der Waals surface area contributed by atoms with Gasteiger partial charge in [-0.25, -0.2) is 0 Å². The predicted molar refractivity (Wildman–Crippen MR) is 101 cm³/mol. The molecule has 0 radical (unpaired) electrons. The number of nitrogens with zero attached hydrogens (tertiary/aromatic N) is 3. The molecule has 1 aliphatic heterocycles. The number of benzene rings is 1. The van der Waals surface area contributed by atoms with E-state index in [0.717, 1.165) is 46.3 Å². The number of amides is 1. The Labute approximate surface area is 147 Å². The summed E-state index contributed by atoms with van der Waals surface area (Å²) in [6.07, 6.45) is 6.62. The minimum Gasteiger partial charge on any atom is -0.341 e. The Bertz CT molecular complexity index is 999. The molecule has 3 aromatic rings. The van der Waals surface area contributed by atoms with E-state index < -0.39 is 0 Å². The van der Waals surface area contributed by atoms with Crippen LogP contribution in [0.3, 0.4) is 0 Å². The Hall–Kier alpha value is -2.88. The normalized spacial score (nSPS) is 14.9. The highest BCUT2D eigenvalue weighted by Gasteiger charge is 2.28. The van der Waals surface area contributed by atoms with Crippen LogP contribution in [0.1, 0.15) is 34.1 Å². The Kier molecular flexibility index (Phi) is 3.68. The summed E-state index contributed by atoms with van der Waals surface area (Å²) in [5, 5.41) is 1.05. The molecule has 126 valence electrons. The molecule has 25 heavy (non-hydrogen) atoms. The standard InChI is InChI=1S/C21H21N3O/c1-14-4-5-18-17(12-14)20-19(8-11-23(3)21(20)25)24(18)13-15(2)16-6-9-22-10-7-16/h4-7,9-10,12-13H,8,11H2,1-3H3. The Balaban J connectivity index is 1.97. The number of hydrogen-bond donors (Lipinski definition) is 0. The Morgan fingerprint density at radius 1 is 1.20 bits per heavy atom. The van der Waals surface area contributed by atoms with Gasteiger partial charge in [0.05, 0.1) is 11.1 Å². The molecule has 1 aliphatic rings. The third-order valence-corrected chi connectivity index (χ3v) is 4.96. The van der Waals surface area contributed by atoms with E-state index in [1.165, 1.54) is 5.56 Å². The van der Waals surface area contributed by atoms with Crippen molar-refractivity contribution in [2.45, 2.75) is 20.3 Å². The molecular formula is C21H21N3O. The second kappa shape index (κ2) is 5.88. The number of likely N-dealkylation sites (N-methyl/N-ethyl adjacent to an activating group) is 1. The highest BCUT2D eigenvalue weighted by atomic mass is 16.2. The maximum absolute atomic E-state index is 12.8. The van der Waals surface area contributed by atoms with Crippen molar-refractivity contribution in [3.63, 3.8) is 0 Å². The largest absolute Gasteiger partial charge is 0.341 e. The third-order valence-electron chi connectivity index (χ3n) is 4.96. The van der Waals surface area contributed by atoms with Crippen LogP contribution in [0.15, 0.2) is 42.7 Å². The van der Waals surface area contributed by atoms with Crippen molar-refractivity contribution in [1.82, 2.24) is 14.5 Å². The zero-order valence-electron chi connectivity index (χ0n) is 14.8. The van der Waals surface area contributed by atoms with E-state index in [9.17, 15) is 4.79 Å². The summed E-state index contributed by atoms with van der Waals surface area (Å²) in [6, 6.07) is 10.4. The average Bonchev–Trinajstić information content (AvgIpc) is 2.92. The molecule has 0 bridgehead atoms. The van der Waals surface area contributed by atoms with Crippen LogP contribution in [-0.4, -0.2) is 34.0 Å². The SMILES string of the molecule is CC(=Cn1c2c(c3cc(C)ccc31)C(=O)N(C)CC2)c1ccncc1. The number of aromatic nitrogens is 2. The van der Waals surface area contributed by atoms with Gasteiger partial charge in [-0.1, -0.05) is 11.6 Å². The van der Waals surface area contributed by atoms with Crippen molar-refractivity contribution in [3.05, 3.63) is 65.1 Å². The van der Waals surface area contributed by atoms with Crippen LogP contribution >= 0.6 is 0 Å². The minimum absolute atomic E-state index is 0.116. The van der Waals surface area contributed by atoms with E-state index in [1.807, 2.05) is 24.1 Å². The average molecular weight is 331 g/mol. The molecule has 1 aromatic carbocycles. The highest BCUT2D eigenvalue weighted by Crippen LogP contribution is 2.32. The first-order chi connectivity index (χ1) is 12.1. The maximum Gasteiger partial charge on any atom is 0.256 e. The van der Waals surface area contributed by atoms with Crippen molar-refractivity contribution < 1.29 is 4.79 Å². The van der Waals surface area contributed by atoms with Gasteiger partial charge in [-0.15, -0.1) is 0 Å². The van der Waals surface area contributed by atoms with Gasteiger partial charge in [0.15, 0.2) is 0 Å². The molecule has 4 heteroatoms. The van der Waals surface area contributed by atoms with Gasteiger partial charge in [0.2, 0.25) is 0 Å². The molecule has 0 unspecified atom stereocenters. The number of rotatable bonds is 2. The maximum atomic E-state index is 12.8. The van der Waals surface area contributed by atoms with E-state index in [-0.39, 0.29) is 5.91 Å². The van der Waals surface area contributed by atoms with Gasteiger partial charge in [-0.05, 0) is 49.2 Å². The molecule has 4 nitrogen and oxygen atoms in total. The lowest BCUT2D eigenvalue weighted by molar-refractivity contribution is 0.0782. The second-order valence-electron chi connectivity index (χ2n) is 6.74. The molecule has 2 aromatic heterocycles. The molecule has 0 aliphatic carbocycles. The van der Waals surface area contributed by atoms with Gasteiger partial charge in [0.25, 0.3) is 5.91 Å². The highest BCUT2D eigenvalue weighted by molar-refractivity contribution is 6.10. The predicted octanol–water partition coefficient (Wildman–Crippen LogP) is 3.99. The van der Waals surface area contributed by atoms with Crippen molar-refractivity contribution in [2.75, 3.05) is 13.6 Å². The summed E-state index contributed by atoms with van der Waals surface area (Å²) in [5.41, 5.74) is 6.50. The van der Waals surface area contributed by atoms with Crippen LogP contribution in [0, 0.1) is 6.92 Å². The van der Waals surface area contributed by atoms with Crippen LogP contribution in [0.2, 0.25) is 0 Å². The summed E-state index contributed by atoms with van der Waals surface area (Å²) in [7, 11) is 1.88. The lowest BCUT2D eigenvalue weighted by Crippen LogP contribution is -2.34. The van der Waals surface area contributed by atoms with Gasteiger partial charge < -0.3 is 9.47 Å². The van der Waals surface area contributed by atoms with Crippen molar-refractivity contribution in [3.8, 4) is 0 Å². The summed E-state index contributed by atoms with van der Waals surface area (Å²) >= 11 is 0. The lowest BCUT2D eigenvalue weighted by atomic mass is 10.0. The molecule has 1 amide bonds. The first kappa shape index (κ1) is 15.6. The van der Waals surface area contributed by atoms with E-state index in [1.54, 1.807) is 12.4 Å². The van der Waals surface area contributed by atoms with E-state index in [2.05, 4.69) is 47.8 Å². The van der Waals surface area contributed by atoms with Crippen molar-refractivity contribution in [2.24, 2.45) is 0 Å². The molecular weight excluding hydrogens is 310 g/mol. The summed E-state index contributed by atoms with van der Waals surface area (Å²) < 4.78 is 2.20. The number of carbonyl (C=O) groups excluding carboxylic acids is 1. The first-order valence-corrected chi connectivity index (χ1v) is 8.54. The Morgan fingerprint density at radius 3 is 2.72 bits per heavy atom. The summed E-state index contributed by atoms with van der Waals surface area (Å²) in [4.78, 5) is 18.7. The van der Waals surface area contributed by atoms with Crippen LogP contribution in [0.25, 0.3) is 22.7 Å². The number of carbonyl (C=O) groups is 1. The smallest absolute Gasteiger partial charge is 0.256 e. The molecule has 0 fully saturated rings. The van der Waals surface area contributed by atoms with Crippen LogP contribution in [-0.2, 0) is 6.42 Å². The summed E-state index contributed by atoms with van der Waals surface area (Å²) in [5.74, 6) is 0.116. The zero-order chi connectivity index (χ0) is 17.6. The molecule has 0 spiro atoms. The van der Waals surface area contributed by atoms with Gasteiger partial charge >= 0.3 is 0 Å². The molecule has 0 saturated carbocycles. The van der Waals surface area contributed by atoms with Gasteiger partial charge in [0, 0.05) is 49.7 Å². The molecule has 4 rings (SSSR count). The Morgan fingerprint density at radius 2 is 1.96 bits per heavy atom. The van der Waals surface area contributed by atoms with Crippen molar-refractivity contribution >= 4 is 28.6 Å². The van der Waals surface area contributed by atoms with E-state index in [4.69, 9.17) is 0 Å². The molecule has 3 heterocycles. The number of allylic oxidation sites excluding steroid dienone is 1. The topological polar surface area (TPSA) is 38.1 Å². The van der Waals surface area contributed by atoms with E-state index >= 15 is 0 Å². The number of fused-ring (bicyclic) bond motifs is 3. The fourth-order valence-corrected chi connectivity index (χ4v) is 3.56. The van der Waals surface area contributed by atoms with E-state index in [0.29, 0.717) is 0 Å². The van der Waals surface area contributed by atoms with Crippen LogP contribution < -0.4 is 0 Å². The lowest BCUT2D eigenvalue weighted by Gasteiger charge is -2.23. The second-order valence-corrected chi connectivity index (χ2v) is 6.74. The third kappa shape index (κ3) is 2.54. The van der Waals surface area contributed by atoms with Gasteiger partial charge in [0.1, 0.15) is 0 Å². The molecule has 0 atom stereocenters. The minimum atomic E-state index is 0.116. The zero-order valence-corrected chi connectivity index (χ0v) is 14.8. The number of aryl methyl sites for hydroxylation is 1. The van der Waals surface area contributed by atoms with Crippen LogP contribution in [0.5, 0.6) is 0 Å². The van der Waals surface area contributed by atoms with Gasteiger partial charge in [-0.3, -0.25) is 9.78 Å². The molecule has 0 saturated heterocycles. The fraction of sp³-hybridized carbons (Fsp3) is 0.238. The summed E-state index contributed by atoms with van der Waals surface area (Å²) in [6.45, 7) is 4.92. The number of hydrogen-bond acceptors (Lipinski definition) is 2. The first-order valence-electron chi connectivity index (χ1n) is 8.54. The fourth-order valence-electron chi connectivity index (χ4n) is 3.56. The monoisotopic (exact) mass is 331 g/mol. The van der Waals surface area contributed by atoms with Crippen molar-refractivity contribution in [1.29, 1.82) is 0 Å². The quantitative estimate of drug-likeness (QED) is 0.712.